The number of carbonyl (C=O) groups excluding carboxylic acids is 1. The highest BCUT2D eigenvalue weighted by molar-refractivity contribution is 6.09. The van der Waals surface area contributed by atoms with E-state index in [4.69, 9.17) is 10.5 Å². The summed E-state index contributed by atoms with van der Waals surface area (Å²) in [5, 5.41) is 0.984. The first kappa shape index (κ1) is 13.2. The number of nitrogens with zero attached hydrogens (tertiary/aromatic N) is 1. The monoisotopic (exact) mass is 270 g/mol. The summed E-state index contributed by atoms with van der Waals surface area (Å²) in [4.78, 5) is 17.4. The van der Waals surface area contributed by atoms with Crippen LogP contribution in [-0.4, -0.2) is 30.5 Å². The zero-order valence-corrected chi connectivity index (χ0v) is 11.3. The van der Waals surface area contributed by atoms with Crippen molar-refractivity contribution < 1.29 is 9.53 Å². The first-order valence-corrected chi connectivity index (χ1v) is 6.93. The number of ether oxygens (including phenoxy) is 1. The summed E-state index contributed by atoms with van der Waals surface area (Å²) < 4.78 is 5.38. The zero-order valence-electron chi connectivity index (χ0n) is 11.3. The third kappa shape index (κ3) is 2.11. The number of hydrogen-bond acceptors (Lipinski definition) is 4. The number of carbonyl (C=O) groups is 1. The summed E-state index contributed by atoms with van der Waals surface area (Å²) in [5.74, 6) is 0.104. The number of fused-ring (bicyclic) bond motifs is 1. The van der Waals surface area contributed by atoms with Gasteiger partial charge in [-0.3, -0.25) is 9.78 Å². The molecule has 0 saturated carbocycles. The van der Waals surface area contributed by atoms with Crippen molar-refractivity contribution in [2.24, 2.45) is 11.1 Å². The predicted molar refractivity (Wildman–Crippen MR) is 77.6 cm³/mol. The number of hydrogen-bond donors (Lipinski definition) is 1. The lowest BCUT2D eigenvalue weighted by Crippen LogP contribution is -2.43. The summed E-state index contributed by atoms with van der Waals surface area (Å²) >= 11 is 0. The SMILES string of the molecule is NCC1(C(=O)c2cccc3cccnc23)CCOCC1. The molecule has 0 bridgehead atoms. The van der Waals surface area contributed by atoms with Crippen LogP contribution in [0.4, 0.5) is 0 Å². The first-order valence-electron chi connectivity index (χ1n) is 6.93. The molecule has 1 aromatic heterocycles. The van der Waals surface area contributed by atoms with E-state index in [9.17, 15) is 4.79 Å². The highest BCUT2D eigenvalue weighted by Gasteiger charge is 2.39. The van der Waals surface area contributed by atoms with Gasteiger partial charge in [0.25, 0.3) is 0 Å². The summed E-state index contributed by atoms with van der Waals surface area (Å²) in [6.45, 7) is 1.56. The second-order valence-corrected chi connectivity index (χ2v) is 5.31. The van der Waals surface area contributed by atoms with Crippen LogP contribution in [0.2, 0.25) is 0 Å². The molecule has 3 rings (SSSR count). The minimum absolute atomic E-state index is 0.104. The van der Waals surface area contributed by atoms with Crippen molar-refractivity contribution in [3.05, 3.63) is 42.1 Å². The van der Waals surface area contributed by atoms with Crippen LogP contribution in [0.1, 0.15) is 23.2 Å². The molecule has 4 nitrogen and oxygen atoms in total. The smallest absolute Gasteiger partial charge is 0.172 e. The van der Waals surface area contributed by atoms with Crippen molar-refractivity contribution in [3.63, 3.8) is 0 Å². The fourth-order valence-corrected chi connectivity index (χ4v) is 2.86. The van der Waals surface area contributed by atoms with Crippen LogP contribution in [0.5, 0.6) is 0 Å². The van der Waals surface area contributed by atoms with Gasteiger partial charge in [-0.05, 0) is 25.0 Å². The number of rotatable bonds is 3. The van der Waals surface area contributed by atoms with Crippen LogP contribution in [0.15, 0.2) is 36.5 Å². The van der Waals surface area contributed by atoms with Crippen molar-refractivity contribution in [1.29, 1.82) is 0 Å². The molecule has 1 aliphatic rings. The molecule has 0 amide bonds. The Kier molecular flexibility index (Phi) is 3.51. The highest BCUT2D eigenvalue weighted by atomic mass is 16.5. The molecule has 2 heterocycles. The maximum absolute atomic E-state index is 13.0. The lowest BCUT2D eigenvalue weighted by molar-refractivity contribution is 0.0201. The van der Waals surface area contributed by atoms with Crippen LogP contribution in [-0.2, 0) is 4.74 Å². The largest absolute Gasteiger partial charge is 0.381 e. The van der Waals surface area contributed by atoms with Crippen molar-refractivity contribution in [2.45, 2.75) is 12.8 Å². The van der Waals surface area contributed by atoms with Crippen LogP contribution < -0.4 is 5.73 Å². The standard InChI is InChI=1S/C16H18N2O2/c17-11-16(6-9-20-10-7-16)15(19)13-5-1-3-12-4-2-8-18-14(12)13/h1-5,8H,6-7,9-11,17H2. The summed E-state index contributed by atoms with van der Waals surface area (Å²) in [7, 11) is 0. The maximum atomic E-state index is 13.0. The molecule has 104 valence electrons. The van der Waals surface area contributed by atoms with E-state index in [0.717, 1.165) is 10.9 Å². The van der Waals surface area contributed by atoms with E-state index in [2.05, 4.69) is 4.98 Å². The van der Waals surface area contributed by atoms with Gasteiger partial charge in [-0.15, -0.1) is 0 Å². The molecule has 1 aliphatic heterocycles. The van der Waals surface area contributed by atoms with E-state index in [1.54, 1.807) is 6.20 Å². The molecule has 2 aromatic rings. The van der Waals surface area contributed by atoms with Gasteiger partial charge in [-0.2, -0.15) is 0 Å². The zero-order chi connectivity index (χ0) is 14.0. The quantitative estimate of drug-likeness (QED) is 0.868. The second-order valence-electron chi connectivity index (χ2n) is 5.31. The van der Waals surface area contributed by atoms with E-state index in [-0.39, 0.29) is 5.78 Å². The molecular formula is C16H18N2O2. The van der Waals surface area contributed by atoms with Crippen molar-refractivity contribution >= 4 is 16.7 Å². The fraction of sp³-hybridized carbons (Fsp3) is 0.375. The van der Waals surface area contributed by atoms with Gasteiger partial charge in [0, 0.05) is 36.9 Å². The molecule has 0 spiro atoms. The van der Waals surface area contributed by atoms with Crippen molar-refractivity contribution in [3.8, 4) is 0 Å². The summed E-state index contributed by atoms with van der Waals surface area (Å²) in [6.07, 6.45) is 3.09. The van der Waals surface area contributed by atoms with Gasteiger partial charge in [0.05, 0.1) is 10.9 Å². The Morgan fingerprint density at radius 2 is 2.00 bits per heavy atom. The third-order valence-electron chi connectivity index (χ3n) is 4.20. The molecule has 0 atom stereocenters. The normalized spacial score (nSPS) is 18.1. The number of para-hydroxylation sites is 1. The molecule has 4 heteroatoms. The van der Waals surface area contributed by atoms with E-state index in [1.165, 1.54) is 0 Å². The third-order valence-corrected chi connectivity index (χ3v) is 4.20. The molecule has 0 aliphatic carbocycles. The van der Waals surface area contributed by atoms with Gasteiger partial charge in [0.1, 0.15) is 0 Å². The molecule has 2 N–H and O–H groups in total. The lowest BCUT2D eigenvalue weighted by Gasteiger charge is -2.34. The fourth-order valence-electron chi connectivity index (χ4n) is 2.86. The van der Waals surface area contributed by atoms with Crippen molar-refractivity contribution in [2.75, 3.05) is 19.8 Å². The van der Waals surface area contributed by atoms with Gasteiger partial charge >= 0.3 is 0 Å². The van der Waals surface area contributed by atoms with Crippen LogP contribution in [0, 0.1) is 5.41 Å². The Morgan fingerprint density at radius 1 is 1.25 bits per heavy atom. The molecule has 1 fully saturated rings. The number of nitrogens with two attached hydrogens (primary N) is 1. The van der Waals surface area contributed by atoms with Crippen LogP contribution in [0.3, 0.4) is 0 Å². The Labute approximate surface area is 117 Å². The Balaban J connectivity index is 2.08. The van der Waals surface area contributed by atoms with Gasteiger partial charge in [0.2, 0.25) is 0 Å². The highest BCUT2D eigenvalue weighted by Crippen LogP contribution is 2.34. The number of pyridine rings is 1. The van der Waals surface area contributed by atoms with E-state index < -0.39 is 5.41 Å². The van der Waals surface area contributed by atoms with Gasteiger partial charge in [0.15, 0.2) is 5.78 Å². The van der Waals surface area contributed by atoms with Crippen LogP contribution >= 0.6 is 0 Å². The average Bonchev–Trinajstić information content (AvgIpc) is 2.54. The molecule has 20 heavy (non-hydrogen) atoms. The summed E-state index contributed by atoms with van der Waals surface area (Å²) in [5.41, 5.74) is 6.87. The van der Waals surface area contributed by atoms with Crippen molar-refractivity contribution in [1.82, 2.24) is 4.98 Å². The molecule has 1 aromatic carbocycles. The first-order chi connectivity index (χ1) is 9.77. The Bertz CT molecular complexity index is 628. The number of Topliss-reactive ketones (excluding diaryl/α,β-unsaturated/α-hetero) is 1. The maximum Gasteiger partial charge on any atom is 0.172 e. The topological polar surface area (TPSA) is 65.2 Å². The second kappa shape index (κ2) is 5.31. The molecule has 0 unspecified atom stereocenters. The van der Waals surface area contributed by atoms with Gasteiger partial charge < -0.3 is 10.5 Å². The molecular weight excluding hydrogens is 252 g/mol. The van der Waals surface area contributed by atoms with Gasteiger partial charge in [-0.1, -0.05) is 18.2 Å². The van der Waals surface area contributed by atoms with E-state index >= 15 is 0 Å². The number of ketones is 1. The Morgan fingerprint density at radius 3 is 2.75 bits per heavy atom. The van der Waals surface area contributed by atoms with Gasteiger partial charge in [-0.25, -0.2) is 0 Å². The van der Waals surface area contributed by atoms with Crippen LogP contribution in [0.25, 0.3) is 10.9 Å². The van der Waals surface area contributed by atoms with E-state index in [0.29, 0.717) is 38.2 Å². The average molecular weight is 270 g/mol. The Hall–Kier alpha value is -1.78. The minimum atomic E-state index is -0.496. The minimum Gasteiger partial charge on any atom is -0.381 e. The lowest BCUT2D eigenvalue weighted by atomic mass is 9.74. The predicted octanol–water partition coefficient (Wildman–Crippen LogP) is 2.17. The number of benzene rings is 1. The molecule has 0 radical (unpaired) electrons. The number of aromatic nitrogens is 1. The summed E-state index contributed by atoms with van der Waals surface area (Å²) in [6, 6.07) is 9.57. The van der Waals surface area contributed by atoms with E-state index in [1.807, 2.05) is 30.3 Å². The molecule has 1 saturated heterocycles.